The van der Waals surface area contributed by atoms with Crippen LogP contribution in [0.15, 0.2) is 39.8 Å². The normalized spacial score (nSPS) is 11.5. The molecule has 2 rings (SSSR count). The molecule has 0 spiro atoms. The molecule has 0 saturated heterocycles. The van der Waals surface area contributed by atoms with Crippen molar-refractivity contribution in [3.05, 3.63) is 47.3 Å². The average Bonchev–Trinajstić information content (AvgIpc) is 3.15. The Kier molecular flexibility index (Phi) is 11.7. The van der Waals surface area contributed by atoms with E-state index >= 15 is 0 Å². The molecule has 0 amide bonds. The fraction of sp³-hybridized carbons (Fsp3) is 0.524. The summed E-state index contributed by atoms with van der Waals surface area (Å²) in [5.41, 5.74) is 2.12. The van der Waals surface area contributed by atoms with Gasteiger partial charge in [0.1, 0.15) is 5.75 Å². The molecule has 0 bridgehead atoms. The van der Waals surface area contributed by atoms with Crippen LogP contribution in [0.25, 0.3) is 0 Å². The van der Waals surface area contributed by atoms with Gasteiger partial charge < -0.3 is 24.8 Å². The molecule has 1 aromatic carbocycles. The summed E-state index contributed by atoms with van der Waals surface area (Å²) in [7, 11) is 5.89. The van der Waals surface area contributed by atoms with Crippen LogP contribution in [0, 0.1) is 0 Å². The Balaban J connectivity index is 0.00000420. The number of aliphatic imine (C=N–C) groups is 1. The first-order valence-electron chi connectivity index (χ1n) is 9.74. The molecule has 8 heteroatoms. The van der Waals surface area contributed by atoms with E-state index in [2.05, 4.69) is 65.8 Å². The standard InChI is InChI=1S/C21H33N5O2.HI/c1-16(2)20-13-19(28-25-20)15-24-21(22-3)23-14-17-7-9-18(10-8-17)27-12-6-11-26(4)5;/h7-10,13,16H,6,11-12,14-15H2,1-5H3,(H2,22,23,24);1H. The van der Waals surface area contributed by atoms with Gasteiger partial charge >= 0.3 is 0 Å². The second-order valence-corrected chi connectivity index (χ2v) is 7.30. The maximum atomic E-state index is 5.76. The van der Waals surface area contributed by atoms with Crippen molar-refractivity contribution < 1.29 is 9.26 Å². The average molecular weight is 515 g/mol. The molecule has 2 aromatic rings. The van der Waals surface area contributed by atoms with Crippen molar-refractivity contribution in [3.63, 3.8) is 0 Å². The Bertz CT molecular complexity index is 729. The third-order valence-corrected chi connectivity index (χ3v) is 4.22. The lowest BCUT2D eigenvalue weighted by atomic mass is 10.1. The SMILES string of the molecule is CN=C(NCc1ccc(OCCCN(C)C)cc1)NCc1cc(C(C)C)no1.I. The van der Waals surface area contributed by atoms with Crippen LogP contribution in [0.2, 0.25) is 0 Å². The topological polar surface area (TPSA) is 74.9 Å². The minimum Gasteiger partial charge on any atom is -0.494 e. The Morgan fingerprint density at radius 3 is 2.45 bits per heavy atom. The highest BCUT2D eigenvalue weighted by molar-refractivity contribution is 14.0. The van der Waals surface area contributed by atoms with Crippen LogP contribution in [0.3, 0.4) is 0 Å². The summed E-state index contributed by atoms with van der Waals surface area (Å²) in [6.45, 7) is 7.16. The van der Waals surface area contributed by atoms with Crippen molar-refractivity contribution in [1.29, 1.82) is 0 Å². The largest absolute Gasteiger partial charge is 0.494 e. The van der Waals surface area contributed by atoms with E-state index < -0.39 is 0 Å². The third-order valence-electron chi connectivity index (χ3n) is 4.22. The molecule has 0 atom stereocenters. The highest BCUT2D eigenvalue weighted by Crippen LogP contribution is 2.14. The molecule has 2 N–H and O–H groups in total. The molecule has 0 fully saturated rings. The first-order chi connectivity index (χ1) is 13.5. The van der Waals surface area contributed by atoms with Crippen molar-refractivity contribution >= 4 is 29.9 Å². The third kappa shape index (κ3) is 9.49. The molecule has 0 aliphatic rings. The van der Waals surface area contributed by atoms with Crippen molar-refractivity contribution in [2.45, 2.75) is 39.3 Å². The van der Waals surface area contributed by atoms with E-state index in [4.69, 9.17) is 9.26 Å². The van der Waals surface area contributed by atoms with Gasteiger partial charge in [0.2, 0.25) is 0 Å². The van der Waals surface area contributed by atoms with Crippen LogP contribution in [0.5, 0.6) is 5.75 Å². The number of guanidine groups is 1. The van der Waals surface area contributed by atoms with Gasteiger partial charge in [0, 0.05) is 26.2 Å². The minimum atomic E-state index is 0. The van der Waals surface area contributed by atoms with Gasteiger partial charge in [-0.3, -0.25) is 4.99 Å². The van der Waals surface area contributed by atoms with E-state index in [-0.39, 0.29) is 24.0 Å². The molecule has 0 unspecified atom stereocenters. The van der Waals surface area contributed by atoms with Crippen LogP contribution < -0.4 is 15.4 Å². The van der Waals surface area contributed by atoms with Crippen molar-refractivity contribution in [2.75, 3.05) is 34.3 Å². The fourth-order valence-electron chi connectivity index (χ4n) is 2.54. The second kappa shape index (κ2) is 13.4. The maximum Gasteiger partial charge on any atom is 0.191 e. The molecule has 29 heavy (non-hydrogen) atoms. The van der Waals surface area contributed by atoms with Gasteiger partial charge in [0.25, 0.3) is 0 Å². The van der Waals surface area contributed by atoms with E-state index in [1.54, 1.807) is 7.05 Å². The number of aromatic nitrogens is 1. The maximum absolute atomic E-state index is 5.76. The number of halogens is 1. The zero-order chi connectivity index (χ0) is 20.4. The highest BCUT2D eigenvalue weighted by Gasteiger charge is 2.08. The zero-order valence-electron chi connectivity index (χ0n) is 18.1. The number of ether oxygens (including phenoxy) is 1. The molecular formula is C21H34IN5O2. The Morgan fingerprint density at radius 2 is 1.86 bits per heavy atom. The van der Waals surface area contributed by atoms with Crippen LogP contribution >= 0.6 is 24.0 Å². The summed E-state index contributed by atoms with van der Waals surface area (Å²) in [5.74, 6) is 2.76. The number of benzene rings is 1. The first kappa shape index (κ1) is 25.2. The van der Waals surface area contributed by atoms with E-state index in [0.717, 1.165) is 42.3 Å². The van der Waals surface area contributed by atoms with Crippen LogP contribution in [-0.4, -0.2) is 50.3 Å². The molecule has 0 saturated carbocycles. The van der Waals surface area contributed by atoms with Gasteiger partial charge in [-0.15, -0.1) is 24.0 Å². The van der Waals surface area contributed by atoms with Crippen molar-refractivity contribution in [2.24, 2.45) is 4.99 Å². The summed E-state index contributed by atoms with van der Waals surface area (Å²) in [4.78, 5) is 6.40. The lowest BCUT2D eigenvalue weighted by molar-refractivity contribution is 0.281. The lowest BCUT2D eigenvalue weighted by Crippen LogP contribution is -2.36. The summed E-state index contributed by atoms with van der Waals surface area (Å²) in [6, 6.07) is 10.1. The molecular weight excluding hydrogens is 481 g/mol. The van der Waals surface area contributed by atoms with Crippen LogP contribution in [-0.2, 0) is 13.1 Å². The van der Waals surface area contributed by atoms with Crippen molar-refractivity contribution in [1.82, 2.24) is 20.7 Å². The highest BCUT2D eigenvalue weighted by atomic mass is 127. The number of hydrogen-bond acceptors (Lipinski definition) is 5. The van der Waals surface area contributed by atoms with Gasteiger partial charge in [-0.1, -0.05) is 31.1 Å². The smallest absolute Gasteiger partial charge is 0.191 e. The molecule has 1 heterocycles. The first-order valence-corrected chi connectivity index (χ1v) is 9.74. The van der Waals surface area contributed by atoms with Crippen LogP contribution in [0.1, 0.15) is 43.2 Å². The molecule has 1 aromatic heterocycles. The summed E-state index contributed by atoms with van der Waals surface area (Å²) in [5, 5.41) is 10.6. The predicted molar refractivity (Wildman–Crippen MR) is 128 cm³/mol. The molecule has 0 radical (unpaired) electrons. The Morgan fingerprint density at radius 1 is 1.17 bits per heavy atom. The minimum absolute atomic E-state index is 0. The quantitative estimate of drug-likeness (QED) is 0.218. The second-order valence-electron chi connectivity index (χ2n) is 7.30. The number of rotatable bonds is 10. The van der Waals surface area contributed by atoms with Gasteiger partial charge in [-0.05, 0) is 44.1 Å². The molecule has 162 valence electrons. The van der Waals surface area contributed by atoms with Gasteiger partial charge in [0.15, 0.2) is 11.7 Å². The Hall–Kier alpha value is -1.81. The fourth-order valence-corrected chi connectivity index (χ4v) is 2.54. The summed E-state index contributed by atoms with van der Waals surface area (Å²) < 4.78 is 11.1. The van der Waals surface area contributed by atoms with E-state index in [1.807, 2.05) is 18.2 Å². The van der Waals surface area contributed by atoms with Gasteiger partial charge in [0.05, 0.1) is 18.8 Å². The number of hydrogen-bond donors (Lipinski definition) is 2. The van der Waals surface area contributed by atoms with E-state index in [9.17, 15) is 0 Å². The summed E-state index contributed by atoms with van der Waals surface area (Å²) in [6.07, 6.45) is 1.02. The monoisotopic (exact) mass is 515 g/mol. The zero-order valence-corrected chi connectivity index (χ0v) is 20.4. The van der Waals surface area contributed by atoms with Crippen LogP contribution in [0.4, 0.5) is 0 Å². The Labute approximate surface area is 191 Å². The number of nitrogens with zero attached hydrogens (tertiary/aromatic N) is 3. The number of nitrogens with one attached hydrogen (secondary N) is 2. The summed E-state index contributed by atoms with van der Waals surface area (Å²) >= 11 is 0. The molecule has 7 nitrogen and oxygen atoms in total. The predicted octanol–water partition coefficient (Wildman–Crippen LogP) is 3.61. The molecule has 0 aliphatic heterocycles. The molecule has 0 aliphatic carbocycles. The van der Waals surface area contributed by atoms with E-state index in [1.165, 1.54) is 0 Å². The lowest BCUT2D eigenvalue weighted by Gasteiger charge is -2.12. The van der Waals surface area contributed by atoms with Gasteiger partial charge in [-0.25, -0.2) is 0 Å². The van der Waals surface area contributed by atoms with E-state index in [0.29, 0.717) is 25.0 Å². The van der Waals surface area contributed by atoms with Crippen molar-refractivity contribution in [3.8, 4) is 5.75 Å². The van der Waals surface area contributed by atoms with Gasteiger partial charge in [-0.2, -0.15) is 0 Å².